The van der Waals surface area contributed by atoms with Crippen LogP contribution in [-0.2, 0) is 23.2 Å². The van der Waals surface area contributed by atoms with E-state index in [1.807, 2.05) is 17.0 Å². The summed E-state index contributed by atoms with van der Waals surface area (Å²) < 4.78 is 5.55. The summed E-state index contributed by atoms with van der Waals surface area (Å²) in [5.41, 5.74) is 7.06. The molecule has 0 atom stereocenters. The van der Waals surface area contributed by atoms with Crippen molar-refractivity contribution >= 4 is 17.3 Å². The van der Waals surface area contributed by atoms with Gasteiger partial charge in [0.15, 0.2) is 0 Å². The lowest BCUT2D eigenvalue weighted by atomic mass is 9.60. The molecule has 0 unspecified atom stereocenters. The molecule has 188 valence electrons. The van der Waals surface area contributed by atoms with Crippen LogP contribution in [0.2, 0.25) is 0 Å². The molecule has 1 aliphatic heterocycles. The summed E-state index contributed by atoms with van der Waals surface area (Å²) in [4.78, 5) is 15.7. The number of methoxy groups -OCH3 is 1. The highest BCUT2D eigenvalue weighted by molar-refractivity contribution is 6.10. The van der Waals surface area contributed by atoms with Crippen molar-refractivity contribution in [3.8, 4) is 0 Å². The second kappa shape index (κ2) is 8.67. The van der Waals surface area contributed by atoms with Gasteiger partial charge in [0.05, 0.1) is 12.6 Å². The van der Waals surface area contributed by atoms with Gasteiger partial charge in [0.1, 0.15) is 0 Å². The number of benzene rings is 2. The number of carbonyl (C=O) groups excluding carboxylic acids is 1. The minimum atomic E-state index is -0.385. The first-order valence-corrected chi connectivity index (χ1v) is 13.4. The van der Waals surface area contributed by atoms with E-state index in [9.17, 15) is 4.79 Å². The Morgan fingerprint density at radius 3 is 2.67 bits per heavy atom. The minimum Gasteiger partial charge on any atom is -0.381 e. The second-order valence-corrected chi connectivity index (χ2v) is 11.7. The Balaban J connectivity index is 1.30. The van der Waals surface area contributed by atoms with Crippen molar-refractivity contribution in [3.05, 3.63) is 76.9 Å². The van der Waals surface area contributed by atoms with Gasteiger partial charge in [-0.05, 0) is 104 Å². The lowest BCUT2D eigenvalue weighted by Crippen LogP contribution is -2.50. The average molecular weight is 484 g/mol. The van der Waals surface area contributed by atoms with E-state index >= 15 is 0 Å². The molecule has 2 N–H and O–H groups in total. The van der Waals surface area contributed by atoms with Crippen LogP contribution < -0.4 is 10.2 Å². The molecule has 3 aliphatic carbocycles. The van der Waals surface area contributed by atoms with Gasteiger partial charge >= 0.3 is 0 Å². The summed E-state index contributed by atoms with van der Waals surface area (Å²) in [5, 5.41) is 12.4. The van der Waals surface area contributed by atoms with Gasteiger partial charge < -0.3 is 20.4 Å². The predicted octanol–water partition coefficient (Wildman–Crippen LogP) is 6.01. The highest BCUT2D eigenvalue weighted by atomic mass is 16.5. The molecule has 2 aromatic carbocycles. The zero-order valence-electron chi connectivity index (χ0n) is 21.5. The monoisotopic (exact) mass is 483 g/mol. The SMILES string of the molecule is C=CC(=N)C1(c2cccc(N3Cc4c(cc(CNC5(C)CCC5)cc4C4CC4)C3=O)c2)CC(OC)C1. The van der Waals surface area contributed by atoms with Crippen molar-refractivity contribution in [1.29, 1.82) is 5.41 Å². The Labute approximate surface area is 214 Å². The van der Waals surface area contributed by atoms with E-state index < -0.39 is 0 Å². The molecule has 0 bridgehead atoms. The van der Waals surface area contributed by atoms with Crippen molar-refractivity contribution in [2.24, 2.45) is 0 Å². The standard InChI is InChI=1S/C31H37N3O2/c1-4-28(32)31(16-24(17-31)36-3)22-7-5-8-23(15-22)34-19-27-25(21-9-10-21)13-20(14-26(27)29(34)35)18-33-30(2)11-6-12-30/h4-5,7-8,13-15,21,24,32-33H,1,6,9-12,16-19H2,2-3H3. The molecule has 36 heavy (non-hydrogen) atoms. The van der Waals surface area contributed by atoms with Crippen molar-refractivity contribution in [1.82, 2.24) is 5.32 Å². The molecule has 3 saturated carbocycles. The Morgan fingerprint density at radius 1 is 1.25 bits per heavy atom. The summed E-state index contributed by atoms with van der Waals surface area (Å²) in [7, 11) is 1.73. The van der Waals surface area contributed by atoms with Crippen molar-refractivity contribution < 1.29 is 9.53 Å². The van der Waals surface area contributed by atoms with Gasteiger partial charge in [-0.1, -0.05) is 24.8 Å². The van der Waals surface area contributed by atoms with Crippen LogP contribution in [0.3, 0.4) is 0 Å². The van der Waals surface area contributed by atoms with Crippen molar-refractivity contribution in [2.75, 3.05) is 12.0 Å². The summed E-state index contributed by atoms with van der Waals surface area (Å²) in [5.74, 6) is 0.686. The smallest absolute Gasteiger partial charge is 0.258 e. The van der Waals surface area contributed by atoms with E-state index in [0.29, 0.717) is 18.2 Å². The molecule has 0 spiro atoms. The molecular formula is C31H37N3O2. The molecule has 2 aromatic rings. The minimum absolute atomic E-state index is 0.0944. The Morgan fingerprint density at radius 2 is 2.03 bits per heavy atom. The molecule has 3 fully saturated rings. The highest BCUT2D eigenvalue weighted by Crippen LogP contribution is 2.48. The molecule has 5 nitrogen and oxygen atoms in total. The number of carbonyl (C=O) groups is 1. The zero-order chi connectivity index (χ0) is 25.1. The maximum atomic E-state index is 13.8. The molecule has 1 amide bonds. The van der Waals surface area contributed by atoms with Crippen LogP contribution in [0.4, 0.5) is 5.69 Å². The van der Waals surface area contributed by atoms with Crippen molar-refractivity contribution in [3.63, 3.8) is 0 Å². The highest BCUT2D eigenvalue weighted by Gasteiger charge is 2.48. The topological polar surface area (TPSA) is 65.4 Å². The molecular weight excluding hydrogens is 446 g/mol. The fourth-order valence-corrected chi connectivity index (χ4v) is 6.43. The maximum Gasteiger partial charge on any atom is 0.258 e. The fraction of sp³-hybridized carbons (Fsp3) is 0.484. The number of fused-ring (bicyclic) bond motifs is 1. The van der Waals surface area contributed by atoms with E-state index in [4.69, 9.17) is 10.1 Å². The maximum absolute atomic E-state index is 13.8. The van der Waals surface area contributed by atoms with E-state index in [1.54, 1.807) is 13.2 Å². The molecule has 0 saturated heterocycles. The van der Waals surface area contributed by atoms with E-state index in [1.165, 1.54) is 48.8 Å². The Kier molecular flexibility index (Phi) is 5.69. The quantitative estimate of drug-likeness (QED) is 0.429. The average Bonchev–Trinajstić information content (AvgIpc) is 3.64. The number of rotatable bonds is 9. The van der Waals surface area contributed by atoms with Crippen LogP contribution in [0, 0.1) is 5.41 Å². The largest absolute Gasteiger partial charge is 0.381 e. The molecule has 5 heteroatoms. The number of amides is 1. The van der Waals surface area contributed by atoms with Gasteiger partial charge in [-0.2, -0.15) is 0 Å². The first-order chi connectivity index (χ1) is 17.4. The third kappa shape index (κ3) is 3.84. The first kappa shape index (κ1) is 23.6. The Bertz CT molecular complexity index is 1230. The molecule has 0 aromatic heterocycles. The number of hydrogen-bond donors (Lipinski definition) is 2. The summed E-state index contributed by atoms with van der Waals surface area (Å²) in [6.07, 6.45) is 9.54. The third-order valence-electron chi connectivity index (χ3n) is 9.25. The van der Waals surface area contributed by atoms with Crippen LogP contribution in [0.5, 0.6) is 0 Å². The zero-order valence-corrected chi connectivity index (χ0v) is 21.5. The molecule has 6 rings (SSSR count). The second-order valence-electron chi connectivity index (χ2n) is 11.7. The van der Waals surface area contributed by atoms with Crippen molar-refractivity contribution in [2.45, 2.75) is 87.9 Å². The first-order valence-electron chi connectivity index (χ1n) is 13.4. The van der Waals surface area contributed by atoms with Gasteiger partial charge in [-0.15, -0.1) is 0 Å². The van der Waals surface area contributed by atoms with E-state index in [-0.39, 0.29) is 23.0 Å². The van der Waals surface area contributed by atoms with Gasteiger partial charge in [-0.3, -0.25) is 4.79 Å². The Hall–Kier alpha value is -2.76. The lowest BCUT2D eigenvalue weighted by molar-refractivity contribution is 0.00678. The van der Waals surface area contributed by atoms with Gasteiger partial charge in [0.2, 0.25) is 0 Å². The number of nitrogens with zero attached hydrogens (tertiary/aromatic N) is 1. The number of ether oxygens (including phenoxy) is 1. The van der Waals surface area contributed by atoms with Crippen LogP contribution in [-0.4, -0.2) is 30.4 Å². The number of allylic oxidation sites excluding steroid dienone is 1. The summed E-state index contributed by atoms with van der Waals surface area (Å²) in [6, 6.07) is 12.7. The summed E-state index contributed by atoms with van der Waals surface area (Å²) in [6.45, 7) is 7.62. The van der Waals surface area contributed by atoms with Gasteiger partial charge in [-0.25, -0.2) is 0 Å². The predicted molar refractivity (Wildman–Crippen MR) is 144 cm³/mol. The van der Waals surface area contributed by atoms with Gasteiger partial charge in [0.25, 0.3) is 5.91 Å². The van der Waals surface area contributed by atoms with E-state index in [0.717, 1.165) is 36.2 Å². The van der Waals surface area contributed by atoms with Crippen LogP contribution >= 0.6 is 0 Å². The van der Waals surface area contributed by atoms with Crippen LogP contribution in [0.15, 0.2) is 49.1 Å². The van der Waals surface area contributed by atoms with Crippen LogP contribution in [0.1, 0.15) is 90.4 Å². The number of hydrogen-bond acceptors (Lipinski definition) is 4. The molecule has 4 aliphatic rings. The van der Waals surface area contributed by atoms with Crippen LogP contribution in [0.25, 0.3) is 0 Å². The molecule has 0 radical (unpaired) electrons. The van der Waals surface area contributed by atoms with E-state index in [2.05, 4.69) is 43.1 Å². The third-order valence-corrected chi connectivity index (χ3v) is 9.25. The number of anilines is 1. The molecule has 1 heterocycles. The lowest BCUT2D eigenvalue weighted by Gasteiger charge is -2.47. The fourth-order valence-electron chi connectivity index (χ4n) is 6.43. The van der Waals surface area contributed by atoms with Gasteiger partial charge in [0, 0.05) is 41.6 Å². The number of nitrogens with one attached hydrogen (secondary N) is 2. The normalized spacial score (nSPS) is 26.2. The summed E-state index contributed by atoms with van der Waals surface area (Å²) >= 11 is 0.